The van der Waals surface area contributed by atoms with E-state index in [2.05, 4.69) is 0 Å². The number of rotatable bonds is 4. The number of phenols is 1. The number of esters is 1. The van der Waals surface area contributed by atoms with Crippen molar-refractivity contribution in [3.05, 3.63) is 45.7 Å². The van der Waals surface area contributed by atoms with Crippen LogP contribution in [0.2, 0.25) is 0 Å². The summed E-state index contributed by atoms with van der Waals surface area (Å²) < 4.78 is 6.10. The van der Waals surface area contributed by atoms with Gasteiger partial charge in [0.25, 0.3) is 0 Å². The molecule has 7 atom stereocenters. The van der Waals surface area contributed by atoms with E-state index >= 15 is 0 Å². The predicted molar refractivity (Wildman–Crippen MR) is 151 cm³/mol. The number of Topliss-reactive ketones (excluding diaryl/α,β-unsaturated/α-hetero) is 2. The van der Waals surface area contributed by atoms with Crippen LogP contribution in [0.4, 0.5) is 0 Å². The number of carbonyl (C=O) groups excluding carboxylic acids is 3. The second-order valence-electron chi connectivity index (χ2n) is 13.4. The normalized spacial score (nSPS) is 32.3. The quantitative estimate of drug-likeness (QED) is 0.224. The number of nitrogens with zero attached hydrogens (tertiary/aromatic N) is 1. The van der Waals surface area contributed by atoms with Gasteiger partial charge in [0, 0.05) is 17.1 Å². The maximum absolute atomic E-state index is 14.4. The van der Waals surface area contributed by atoms with E-state index in [-0.39, 0.29) is 16.9 Å². The lowest BCUT2D eigenvalue weighted by molar-refractivity contribution is -0.189. The number of nitrogens with two attached hydrogens (primary N) is 1. The molecule has 0 amide bonds. The number of benzene rings is 1. The first kappa shape index (κ1) is 30.2. The van der Waals surface area contributed by atoms with Crippen molar-refractivity contribution in [1.29, 1.82) is 0 Å². The topological polar surface area (TPSA) is 191 Å². The highest BCUT2D eigenvalue weighted by Crippen LogP contribution is 2.58. The van der Waals surface area contributed by atoms with E-state index < -0.39 is 87.7 Å². The molecule has 2 saturated carbocycles. The summed E-state index contributed by atoms with van der Waals surface area (Å²) in [6.45, 7) is 7.40. The van der Waals surface area contributed by atoms with Crippen molar-refractivity contribution in [3.8, 4) is 5.75 Å². The molecular weight excluding hydrogens is 544 g/mol. The predicted octanol–water partition coefficient (Wildman–Crippen LogP) is 1.94. The summed E-state index contributed by atoms with van der Waals surface area (Å²) in [6.07, 6.45) is -1.35. The largest absolute Gasteiger partial charge is 0.508 e. The van der Waals surface area contributed by atoms with Gasteiger partial charge in [0.05, 0.1) is 29.0 Å². The van der Waals surface area contributed by atoms with Gasteiger partial charge in [0.1, 0.15) is 29.6 Å². The van der Waals surface area contributed by atoms with Gasteiger partial charge in [-0.1, -0.05) is 46.2 Å². The molecule has 1 unspecified atom stereocenters. The van der Waals surface area contributed by atoms with Crippen LogP contribution < -0.4 is 5.73 Å². The van der Waals surface area contributed by atoms with E-state index in [1.807, 2.05) is 20.8 Å². The average molecular weight is 585 g/mol. The number of ether oxygens (including phenoxy) is 1. The molecule has 0 aliphatic heterocycles. The number of ketones is 2. The zero-order chi connectivity index (χ0) is 31.2. The molecule has 4 aliphatic rings. The molecule has 0 radical (unpaired) electrons. The molecule has 4 aliphatic carbocycles. The number of aliphatic hydroxyl groups excluding tert-OH is 3. The monoisotopic (exact) mass is 584 g/mol. The van der Waals surface area contributed by atoms with Crippen LogP contribution in [-0.2, 0) is 24.5 Å². The summed E-state index contributed by atoms with van der Waals surface area (Å²) >= 11 is 0. The van der Waals surface area contributed by atoms with Crippen molar-refractivity contribution < 1.29 is 44.7 Å². The van der Waals surface area contributed by atoms with Gasteiger partial charge >= 0.3 is 5.97 Å². The fraction of sp³-hybridized carbons (Fsp3) is 0.581. The number of hydrogen-bond acceptors (Lipinski definition) is 11. The highest BCUT2D eigenvalue weighted by molar-refractivity contribution is 6.15. The molecule has 228 valence electrons. The van der Waals surface area contributed by atoms with Gasteiger partial charge in [-0.25, -0.2) is 0 Å². The van der Waals surface area contributed by atoms with Gasteiger partial charge in [0.2, 0.25) is 5.78 Å². The summed E-state index contributed by atoms with van der Waals surface area (Å²) in [7, 11) is 3.05. The first-order valence-electron chi connectivity index (χ1n) is 14.3. The van der Waals surface area contributed by atoms with Gasteiger partial charge in [-0.3, -0.25) is 19.3 Å². The zero-order valence-corrected chi connectivity index (χ0v) is 24.7. The van der Waals surface area contributed by atoms with Crippen molar-refractivity contribution in [1.82, 2.24) is 4.90 Å². The fourth-order valence-electron chi connectivity index (χ4n) is 7.28. The van der Waals surface area contributed by atoms with Crippen LogP contribution in [0.3, 0.4) is 0 Å². The molecule has 0 spiro atoms. The molecule has 11 heteroatoms. The highest BCUT2D eigenvalue weighted by atomic mass is 16.5. The van der Waals surface area contributed by atoms with Crippen LogP contribution in [0.15, 0.2) is 29.0 Å². The molecule has 42 heavy (non-hydrogen) atoms. The summed E-state index contributed by atoms with van der Waals surface area (Å²) in [5, 5.41) is 56.9. The van der Waals surface area contributed by atoms with Crippen LogP contribution in [-0.4, -0.2) is 86.0 Å². The van der Waals surface area contributed by atoms with Gasteiger partial charge in [-0.2, -0.15) is 0 Å². The minimum Gasteiger partial charge on any atom is -0.508 e. The van der Waals surface area contributed by atoms with E-state index in [0.717, 1.165) is 6.42 Å². The summed E-state index contributed by atoms with van der Waals surface area (Å²) in [5.74, 6) is -8.09. The molecule has 0 saturated heterocycles. The third kappa shape index (κ3) is 4.05. The van der Waals surface area contributed by atoms with Crippen LogP contribution in [0.5, 0.6) is 5.75 Å². The SMILES string of the molecule is C[C@H]1c2ccc(C(C)(C)C)c(O)c2C(O)=C2C(=O)[C@]3(O)C(O)=C(C(N)O)C(=O)[C@@H](N(C)C)[C@@H]3[C@@H](OC(=O)C3CCC3)[C@@H]21. The van der Waals surface area contributed by atoms with Crippen LogP contribution in [0, 0.1) is 17.8 Å². The third-order valence-electron chi connectivity index (χ3n) is 9.69. The lowest BCUT2D eigenvalue weighted by Crippen LogP contribution is -2.71. The number of fused-ring (bicyclic) bond motifs is 3. The Morgan fingerprint density at radius 2 is 1.76 bits per heavy atom. The Morgan fingerprint density at radius 3 is 2.26 bits per heavy atom. The Hall–Kier alpha value is -3.25. The van der Waals surface area contributed by atoms with Crippen molar-refractivity contribution in [2.75, 3.05) is 14.1 Å². The van der Waals surface area contributed by atoms with E-state index in [0.29, 0.717) is 24.0 Å². The van der Waals surface area contributed by atoms with Crippen molar-refractivity contribution in [3.63, 3.8) is 0 Å². The minimum absolute atomic E-state index is 0.0132. The fourth-order valence-corrected chi connectivity index (χ4v) is 7.28. The van der Waals surface area contributed by atoms with E-state index in [1.165, 1.54) is 19.0 Å². The average Bonchev–Trinajstić information content (AvgIpc) is 2.83. The molecule has 0 aromatic heterocycles. The number of aromatic hydroxyl groups is 1. The van der Waals surface area contributed by atoms with Gasteiger partial charge in [0.15, 0.2) is 11.4 Å². The van der Waals surface area contributed by atoms with Gasteiger partial charge in [-0.15, -0.1) is 0 Å². The number of likely N-dealkylation sites (N-methyl/N-ethyl adjacent to an activating group) is 1. The lowest BCUT2D eigenvalue weighted by Gasteiger charge is -2.55. The van der Waals surface area contributed by atoms with Crippen molar-refractivity contribution >= 4 is 23.3 Å². The Balaban J connectivity index is 1.83. The first-order chi connectivity index (χ1) is 19.5. The standard InChI is InChI=1S/C31H40N2O9/c1-12-14-10-11-15(30(2,3)4)22(34)17(14)23(35)18-16(12)25(42-29(40)13-8-7-9-13)20-21(33(5)6)24(36)19(28(32)39)27(38)31(20,41)26(18)37/h10-13,16,20-21,25,28,34-35,38-39,41H,7-9,32H2,1-6H3/t12-,16+,20+,21-,25-,28?,31-/m0/s1. The van der Waals surface area contributed by atoms with E-state index in [9.17, 15) is 39.9 Å². The Kier molecular flexibility index (Phi) is 7.12. The Bertz CT molecular complexity index is 1430. The van der Waals surface area contributed by atoms with Crippen LogP contribution in [0.25, 0.3) is 5.76 Å². The summed E-state index contributed by atoms with van der Waals surface area (Å²) in [4.78, 5) is 42.9. The van der Waals surface area contributed by atoms with Gasteiger partial charge < -0.3 is 36.0 Å². The minimum atomic E-state index is -2.89. The second kappa shape index (κ2) is 9.90. The van der Waals surface area contributed by atoms with E-state index in [1.54, 1.807) is 19.1 Å². The van der Waals surface area contributed by atoms with E-state index in [4.69, 9.17) is 10.5 Å². The molecule has 0 bridgehead atoms. The molecule has 7 N–H and O–H groups in total. The lowest BCUT2D eigenvalue weighted by atomic mass is 9.54. The van der Waals surface area contributed by atoms with Crippen molar-refractivity contribution in [2.24, 2.45) is 23.5 Å². The second-order valence-corrected chi connectivity index (χ2v) is 13.4. The first-order valence-corrected chi connectivity index (χ1v) is 14.3. The van der Waals surface area contributed by atoms with Crippen LogP contribution in [0.1, 0.15) is 69.6 Å². The number of phenolic OH excluding ortho intramolecular Hbond substituents is 1. The summed E-state index contributed by atoms with van der Waals surface area (Å²) in [6, 6.07) is 2.16. The maximum atomic E-state index is 14.4. The Morgan fingerprint density at radius 1 is 1.14 bits per heavy atom. The number of hydrogen-bond donors (Lipinski definition) is 6. The molecule has 1 aromatic rings. The maximum Gasteiger partial charge on any atom is 0.309 e. The molecular formula is C31H40N2O9. The molecule has 5 rings (SSSR count). The number of aliphatic hydroxyl groups is 4. The molecule has 11 nitrogen and oxygen atoms in total. The summed E-state index contributed by atoms with van der Waals surface area (Å²) in [5.41, 5.74) is 2.15. The number of carbonyl (C=O) groups is 3. The zero-order valence-electron chi connectivity index (χ0n) is 24.7. The third-order valence-corrected chi connectivity index (χ3v) is 9.69. The molecule has 2 fully saturated rings. The van der Waals surface area contributed by atoms with Crippen LogP contribution >= 0.6 is 0 Å². The van der Waals surface area contributed by atoms with Crippen molar-refractivity contribution in [2.45, 2.75) is 82.3 Å². The molecule has 1 aromatic carbocycles. The highest BCUT2D eigenvalue weighted by Gasteiger charge is 2.69. The smallest absolute Gasteiger partial charge is 0.309 e. The molecule has 0 heterocycles. The Labute approximate surface area is 244 Å². The van der Waals surface area contributed by atoms with Gasteiger partial charge in [-0.05, 0) is 43.8 Å².